The number of rotatable bonds is 6. The summed E-state index contributed by atoms with van der Waals surface area (Å²) in [6.45, 7) is 5.85. The minimum absolute atomic E-state index is 0.0132. The van der Waals surface area contributed by atoms with Crippen molar-refractivity contribution in [3.8, 4) is 5.75 Å². The minimum Gasteiger partial charge on any atom is -0.490 e. The smallest absolute Gasteiger partial charge is 0.169 e. The molecule has 3 aromatic carbocycles. The molecule has 0 saturated carbocycles. The lowest BCUT2D eigenvalue weighted by Crippen LogP contribution is -1.94. The number of hydrogen-bond donors (Lipinski definition) is 0. The molecule has 0 aromatic heterocycles. The van der Waals surface area contributed by atoms with Crippen molar-refractivity contribution in [2.45, 2.75) is 13.3 Å². The van der Waals surface area contributed by atoms with E-state index in [2.05, 4.69) is 6.58 Å². The zero-order valence-corrected chi connectivity index (χ0v) is 14.9. The summed E-state index contributed by atoms with van der Waals surface area (Å²) in [5.74, 6) is -2.60. The first-order chi connectivity index (χ1) is 13.0. The highest BCUT2D eigenvalue weighted by molar-refractivity contribution is 5.91. The van der Waals surface area contributed by atoms with Gasteiger partial charge in [-0.15, -0.1) is 0 Å². The summed E-state index contributed by atoms with van der Waals surface area (Å²) in [4.78, 5) is 0. The Morgan fingerprint density at radius 3 is 2.41 bits per heavy atom. The second-order valence-electron chi connectivity index (χ2n) is 6.09. The Kier molecular flexibility index (Phi) is 5.65. The van der Waals surface area contributed by atoms with Gasteiger partial charge in [0.1, 0.15) is 18.2 Å². The van der Waals surface area contributed by atoms with E-state index >= 15 is 0 Å². The number of fused-ring (bicyclic) bond motifs is 1. The summed E-state index contributed by atoms with van der Waals surface area (Å²) in [6, 6.07) is 13.9. The van der Waals surface area contributed by atoms with Crippen molar-refractivity contribution in [3.05, 3.63) is 89.8 Å². The average Bonchev–Trinajstić information content (AvgIpc) is 2.71. The van der Waals surface area contributed by atoms with Gasteiger partial charge in [0, 0.05) is 16.5 Å². The fraction of sp³-hybridized carbons (Fsp3) is 0.130. The molecule has 0 saturated heterocycles. The maximum atomic E-state index is 14.8. The van der Waals surface area contributed by atoms with Crippen LogP contribution in [0.15, 0.2) is 67.3 Å². The third kappa shape index (κ3) is 3.90. The molecule has 3 aromatic rings. The van der Waals surface area contributed by atoms with E-state index in [0.717, 1.165) is 12.0 Å². The van der Waals surface area contributed by atoms with Crippen LogP contribution in [0, 0.1) is 5.82 Å². The molecule has 0 aliphatic heterocycles. The Morgan fingerprint density at radius 2 is 1.74 bits per heavy atom. The van der Waals surface area contributed by atoms with Crippen molar-refractivity contribution >= 4 is 22.4 Å². The number of hydrogen-bond acceptors (Lipinski definition) is 1. The lowest BCUT2D eigenvalue weighted by molar-refractivity contribution is 0.363. The fourth-order valence-corrected chi connectivity index (χ4v) is 2.83. The lowest BCUT2D eigenvalue weighted by Gasteiger charge is -2.08. The summed E-state index contributed by atoms with van der Waals surface area (Å²) in [5.41, 5.74) is 0.672. The van der Waals surface area contributed by atoms with Crippen molar-refractivity contribution in [3.63, 3.8) is 0 Å². The van der Waals surface area contributed by atoms with Gasteiger partial charge in [-0.25, -0.2) is 13.2 Å². The third-order valence-electron chi connectivity index (χ3n) is 4.33. The first-order valence-electron chi connectivity index (χ1n) is 8.66. The molecule has 0 fully saturated rings. The predicted molar refractivity (Wildman–Crippen MR) is 104 cm³/mol. The van der Waals surface area contributed by atoms with Gasteiger partial charge in [-0.05, 0) is 47.7 Å². The number of aryl methyl sites for hydroxylation is 1. The standard InChI is InChI=1S/C23H19F3O/c1-3-13-27-18-9-6-16(7-10-18)21(24)23(26)20-12-8-17-14-15(4-2)5-11-19(17)22(20)25/h3,5-12,14H,1,4,13H2,2H3. The summed E-state index contributed by atoms with van der Waals surface area (Å²) in [5, 5.41) is 0.924. The second kappa shape index (κ2) is 8.12. The Morgan fingerprint density at radius 1 is 1.00 bits per heavy atom. The molecule has 27 heavy (non-hydrogen) atoms. The molecule has 0 atom stereocenters. The van der Waals surface area contributed by atoms with Crippen molar-refractivity contribution in [1.82, 2.24) is 0 Å². The molecule has 0 bridgehead atoms. The van der Waals surface area contributed by atoms with Crippen LogP contribution in [0.5, 0.6) is 5.75 Å². The van der Waals surface area contributed by atoms with Crippen LogP contribution in [0.4, 0.5) is 13.2 Å². The van der Waals surface area contributed by atoms with Crippen molar-refractivity contribution in [2.75, 3.05) is 6.61 Å². The van der Waals surface area contributed by atoms with E-state index in [-0.39, 0.29) is 10.9 Å². The van der Waals surface area contributed by atoms with Crippen LogP contribution < -0.4 is 4.74 Å². The predicted octanol–water partition coefficient (Wildman–Crippen LogP) is 6.87. The van der Waals surface area contributed by atoms with Gasteiger partial charge in [0.05, 0.1) is 0 Å². The van der Waals surface area contributed by atoms with Crippen LogP contribution in [-0.4, -0.2) is 6.61 Å². The van der Waals surface area contributed by atoms with E-state index in [9.17, 15) is 13.2 Å². The van der Waals surface area contributed by atoms with Gasteiger partial charge in [0.15, 0.2) is 11.7 Å². The van der Waals surface area contributed by atoms with Gasteiger partial charge >= 0.3 is 0 Å². The van der Waals surface area contributed by atoms with Gasteiger partial charge in [-0.3, -0.25) is 0 Å². The molecule has 138 valence electrons. The monoisotopic (exact) mass is 368 g/mol. The van der Waals surface area contributed by atoms with E-state index < -0.39 is 23.0 Å². The van der Waals surface area contributed by atoms with E-state index in [4.69, 9.17) is 4.74 Å². The Labute approximate surface area is 156 Å². The fourth-order valence-electron chi connectivity index (χ4n) is 2.83. The van der Waals surface area contributed by atoms with E-state index in [0.29, 0.717) is 17.7 Å². The van der Waals surface area contributed by atoms with Crippen molar-refractivity contribution in [1.29, 1.82) is 0 Å². The number of ether oxygens (including phenoxy) is 1. The normalized spacial score (nSPS) is 12.0. The third-order valence-corrected chi connectivity index (χ3v) is 4.33. The van der Waals surface area contributed by atoms with Crippen LogP contribution in [0.25, 0.3) is 22.4 Å². The molecule has 3 rings (SSSR count). The van der Waals surface area contributed by atoms with Crippen LogP contribution in [0.3, 0.4) is 0 Å². The van der Waals surface area contributed by atoms with Crippen molar-refractivity contribution in [2.24, 2.45) is 0 Å². The Balaban J connectivity index is 1.98. The highest BCUT2D eigenvalue weighted by Crippen LogP contribution is 2.33. The molecular formula is C23H19F3O. The first-order valence-corrected chi connectivity index (χ1v) is 8.66. The molecule has 4 heteroatoms. The molecule has 0 unspecified atom stereocenters. The maximum absolute atomic E-state index is 14.8. The highest BCUT2D eigenvalue weighted by atomic mass is 19.2. The number of halogens is 3. The lowest BCUT2D eigenvalue weighted by atomic mass is 10.0. The van der Waals surface area contributed by atoms with Gasteiger partial charge in [-0.2, -0.15) is 0 Å². The molecule has 0 N–H and O–H groups in total. The molecule has 0 spiro atoms. The Hall–Kier alpha value is -3.01. The molecule has 1 nitrogen and oxygen atoms in total. The second-order valence-corrected chi connectivity index (χ2v) is 6.09. The van der Waals surface area contributed by atoms with E-state index in [1.807, 2.05) is 13.0 Å². The highest BCUT2D eigenvalue weighted by Gasteiger charge is 2.17. The average molecular weight is 368 g/mol. The molecule has 0 heterocycles. The zero-order chi connectivity index (χ0) is 19.4. The molecule has 0 amide bonds. The summed E-state index contributed by atoms with van der Waals surface area (Å²) >= 11 is 0. The zero-order valence-electron chi connectivity index (χ0n) is 14.9. The van der Waals surface area contributed by atoms with Gasteiger partial charge < -0.3 is 4.74 Å². The largest absolute Gasteiger partial charge is 0.490 e. The van der Waals surface area contributed by atoms with Gasteiger partial charge in [0.2, 0.25) is 0 Å². The topological polar surface area (TPSA) is 9.23 Å². The molecule has 0 aliphatic rings. The van der Waals surface area contributed by atoms with E-state index in [1.54, 1.807) is 24.3 Å². The van der Waals surface area contributed by atoms with Crippen LogP contribution >= 0.6 is 0 Å². The van der Waals surface area contributed by atoms with Crippen molar-refractivity contribution < 1.29 is 17.9 Å². The summed E-state index contributed by atoms with van der Waals surface area (Å²) in [7, 11) is 0. The van der Waals surface area contributed by atoms with Crippen LogP contribution in [0.2, 0.25) is 0 Å². The SMILES string of the molecule is C=CCOc1ccc(C(F)=C(F)c2ccc3cc(CC)ccc3c2F)cc1. The van der Waals surface area contributed by atoms with Crippen LogP contribution in [-0.2, 0) is 6.42 Å². The van der Waals surface area contributed by atoms with Gasteiger partial charge in [-0.1, -0.05) is 43.8 Å². The quantitative estimate of drug-likeness (QED) is 0.341. The Bertz CT molecular complexity index is 1000. The summed E-state index contributed by atoms with van der Waals surface area (Å²) in [6.07, 6.45) is 2.40. The maximum Gasteiger partial charge on any atom is 0.169 e. The minimum atomic E-state index is -1.23. The number of benzene rings is 3. The van der Waals surface area contributed by atoms with E-state index in [1.165, 1.54) is 30.3 Å². The van der Waals surface area contributed by atoms with Gasteiger partial charge in [0.25, 0.3) is 0 Å². The molecule has 0 radical (unpaired) electrons. The summed E-state index contributed by atoms with van der Waals surface area (Å²) < 4.78 is 49.3. The molecular weight excluding hydrogens is 349 g/mol. The molecule has 0 aliphatic carbocycles. The van der Waals surface area contributed by atoms with Crippen LogP contribution in [0.1, 0.15) is 23.6 Å². The first kappa shape index (κ1) is 18.8.